The van der Waals surface area contributed by atoms with E-state index in [2.05, 4.69) is 30.4 Å². The Morgan fingerprint density at radius 3 is 1.15 bits per heavy atom. The molecule has 0 saturated heterocycles. The fourth-order valence-corrected chi connectivity index (χ4v) is 4.95. The van der Waals surface area contributed by atoms with Gasteiger partial charge in [0.25, 0.3) is 0 Å². The van der Waals surface area contributed by atoms with Gasteiger partial charge in [0.2, 0.25) is 0 Å². The van der Waals surface area contributed by atoms with E-state index in [1.165, 1.54) is 34.1 Å². The summed E-state index contributed by atoms with van der Waals surface area (Å²) in [6.07, 6.45) is -2.05. The Morgan fingerprint density at radius 2 is 0.870 bits per heavy atom. The van der Waals surface area contributed by atoms with E-state index in [4.69, 9.17) is 0 Å². The zero-order chi connectivity index (χ0) is 33.4. The van der Waals surface area contributed by atoms with Crippen LogP contribution in [0, 0.1) is 20.3 Å². The molecule has 46 heavy (non-hydrogen) atoms. The first-order valence-corrected chi connectivity index (χ1v) is 15.0. The third-order valence-electron chi connectivity index (χ3n) is 6.84. The first-order chi connectivity index (χ1) is 21.3. The van der Waals surface area contributed by atoms with Gasteiger partial charge in [-0.2, -0.15) is 52.3 Å². The predicted molar refractivity (Wildman–Crippen MR) is 180 cm³/mol. The zero-order valence-corrected chi connectivity index (χ0v) is 29.9. The summed E-state index contributed by atoms with van der Waals surface area (Å²) in [5.74, 6) is 0. The molecule has 0 aliphatic rings. The minimum atomic E-state index is -4.29. The number of benzene rings is 4. The number of hydrogen-bond donors (Lipinski definition) is 0. The summed E-state index contributed by atoms with van der Waals surface area (Å²) in [7, 11) is 1.36. The largest absolute Gasteiger partial charge is 4.00 e. The third kappa shape index (κ3) is 9.83. The molecular formula is C38H34F6SiZr. The van der Waals surface area contributed by atoms with Crippen LogP contribution in [0.15, 0.2) is 109 Å². The molecule has 0 heterocycles. The third-order valence-corrected chi connectivity index (χ3v) is 6.84. The molecule has 0 fully saturated rings. The van der Waals surface area contributed by atoms with Crippen LogP contribution in [0.4, 0.5) is 26.3 Å². The summed E-state index contributed by atoms with van der Waals surface area (Å²) in [5, 5.41) is 4.37. The molecule has 6 aromatic rings. The van der Waals surface area contributed by atoms with Gasteiger partial charge in [-0.25, -0.2) is 9.85 Å². The summed E-state index contributed by atoms with van der Waals surface area (Å²) in [6.45, 7) is 8.02. The molecule has 0 amide bonds. The van der Waals surface area contributed by atoms with Crippen molar-refractivity contribution in [1.29, 1.82) is 0 Å². The molecule has 236 valence electrons. The van der Waals surface area contributed by atoms with Crippen LogP contribution < -0.4 is 0 Å². The van der Waals surface area contributed by atoms with Crippen LogP contribution in [0.2, 0.25) is 0 Å². The number of alkyl halides is 6. The van der Waals surface area contributed by atoms with Gasteiger partial charge >= 0.3 is 38.6 Å². The summed E-state index contributed by atoms with van der Waals surface area (Å²) in [5.41, 5.74) is 4.59. The summed E-state index contributed by atoms with van der Waals surface area (Å²) < 4.78 is 75.5. The average molecular weight is 724 g/mol. The fraction of sp³-hybridized carbons (Fsp3) is 0.158. The van der Waals surface area contributed by atoms with E-state index >= 15 is 0 Å². The first kappa shape index (κ1) is 38.8. The number of hydrogen-bond acceptors (Lipinski definition) is 0. The molecule has 0 atom stereocenters. The first-order valence-electron chi connectivity index (χ1n) is 14.1. The predicted octanol–water partition coefficient (Wildman–Crippen LogP) is 11.3. The van der Waals surface area contributed by atoms with E-state index in [1.807, 2.05) is 70.5 Å². The summed E-state index contributed by atoms with van der Waals surface area (Å²) >= 11 is 0. The van der Waals surface area contributed by atoms with E-state index in [9.17, 15) is 26.3 Å². The molecule has 6 rings (SSSR count). The molecule has 0 radical (unpaired) electrons. The minimum Gasteiger partial charge on any atom is -0.533 e. The van der Waals surface area contributed by atoms with Crippen LogP contribution in [0.3, 0.4) is 0 Å². The standard InChI is InChI=1S/2C17H12F3.C3H7.CH3Si.Zr/c2*1-11-9-13-3-2-4-15(16(13)10-11)12-5-7-14(8-6-12)17(18,19)20;1-3-2;1-2;/h2*2-10H,1H3;3H,1-2H3;1H,2H2;/q4*-1;+4. The Morgan fingerprint density at radius 1 is 0.565 bits per heavy atom. The van der Waals surface area contributed by atoms with Crippen molar-refractivity contribution in [2.24, 2.45) is 0 Å². The van der Waals surface area contributed by atoms with Gasteiger partial charge in [-0.3, -0.25) is 0 Å². The van der Waals surface area contributed by atoms with Crippen molar-refractivity contribution in [3.8, 4) is 22.3 Å². The number of halogens is 6. The van der Waals surface area contributed by atoms with Gasteiger partial charge in [-0.05, 0) is 35.4 Å². The zero-order valence-electron chi connectivity index (χ0n) is 26.0. The Balaban J connectivity index is 0.000000276. The maximum Gasteiger partial charge on any atom is 4.00 e. The molecule has 0 saturated carbocycles. The molecule has 0 aromatic heterocycles. The van der Waals surface area contributed by atoms with E-state index < -0.39 is 23.5 Å². The van der Waals surface area contributed by atoms with E-state index in [1.54, 1.807) is 0 Å². The van der Waals surface area contributed by atoms with Gasteiger partial charge in [0.15, 0.2) is 0 Å². The van der Waals surface area contributed by atoms with E-state index in [0.29, 0.717) is 0 Å². The van der Waals surface area contributed by atoms with Crippen LogP contribution in [-0.2, 0) is 38.6 Å². The molecule has 0 N–H and O–H groups in total. The topological polar surface area (TPSA) is 0 Å². The molecule has 0 unspecified atom stereocenters. The number of aryl methyl sites for hydroxylation is 2. The second-order valence-corrected chi connectivity index (χ2v) is 10.4. The molecule has 8 heteroatoms. The van der Waals surface area contributed by atoms with Crippen molar-refractivity contribution >= 4 is 37.6 Å². The smallest absolute Gasteiger partial charge is 0.533 e. The molecule has 0 bridgehead atoms. The van der Waals surface area contributed by atoms with Crippen LogP contribution in [0.5, 0.6) is 0 Å². The SMILES string of the molecule is C[CH-]C.Cc1cc2c(-c3ccc(C(F)(F)F)cc3)cccc2[cH-]1.Cc1cc2c(-c3ccc(C(F)(F)F)cc3)cccc2[cH-]1.[CH-]=[SiH2].[Zr+4]. The Labute approximate surface area is 289 Å². The monoisotopic (exact) mass is 722 g/mol. The van der Waals surface area contributed by atoms with Crippen molar-refractivity contribution in [3.63, 3.8) is 0 Å². The maximum absolute atomic E-state index is 12.6. The van der Waals surface area contributed by atoms with Gasteiger partial charge in [0.05, 0.1) is 11.1 Å². The molecule has 6 aromatic carbocycles. The van der Waals surface area contributed by atoms with E-state index in [0.717, 1.165) is 79.2 Å². The van der Waals surface area contributed by atoms with Crippen molar-refractivity contribution in [1.82, 2.24) is 0 Å². The van der Waals surface area contributed by atoms with Gasteiger partial charge in [-0.15, -0.1) is 69.1 Å². The molecular weight excluding hydrogens is 690 g/mol. The van der Waals surface area contributed by atoms with Gasteiger partial charge < -0.3 is 12.6 Å². The summed E-state index contributed by atoms with van der Waals surface area (Å²) in [6, 6.07) is 30.6. The van der Waals surface area contributed by atoms with Crippen LogP contribution >= 0.6 is 0 Å². The fourth-order valence-electron chi connectivity index (χ4n) is 4.95. The number of rotatable bonds is 2. The second-order valence-electron chi connectivity index (χ2n) is 10.4. The van der Waals surface area contributed by atoms with Crippen molar-refractivity contribution in [3.05, 3.63) is 138 Å². The molecule has 0 spiro atoms. The van der Waals surface area contributed by atoms with Gasteiger partial charge in [0, 0.05) is 0 Å². The quantitative estimate of drug-likeness (QED) is 0.0948. The van der Waals surface area contributed by atoms with Crippen molar-refractivity contribution in [2.45, 2.75) is 40.0 Å². The van der Waals surface area contributed by atoms with Gasteiger partial charge in [-0.1, -0.05) is 61.4 Å². The Kier molecular flexibility index (Phi) is 14.3. The number of fused-ring (bicyclic) bond motifs is 2. The van der Waals surface area contributed by atoms with E-state index in [-0.39, 0.29) is 26.2 Å². The van der Waals surface area contributed by atoms with Crippen LogP contribution in [0.1, 0.15) is 36.1 Å². The second kappa shape index (κ2) is 17.0. The molecule has 0 aliphatic heterocycles. The normalized spacial score (nSPS) is 10.9. The minimum absolute atomic E-state index is 0. The Hall–Kier alpha value is -3.35. The van der Waals surface area contributed by atoms with Crippen LogP contribution in [0.25, 0.3) is 43.8 Å². The molecule has 0 aliphatic carbocycles. The maximum atomic E-state index is 12.6. The average Bonchev–Trinajstić information content (AvgIpc) is 3.59. The van der Waals surface area contributed by atoms with Crippen molar-refractivity contribution in [2.75, 3.05) is 0 Å². The Bertz CT molecular complexity index is 1670. The van der Waals surface area contributed by atoms with Gasteiger partial charge in [0.1, 0.15) is 0 Å². The molecule has 0 nitrogen and oxygen atoms in total. The van der Waals surface area contributed by atoms with Crippen molar-refractivity contribution < 1.29 is 52.5 Å². The summed E-state index contributed by atoms with van der Waals surface area (Å²) in [4.78, 5) is 0. The van der Waals surface area contributed by atoms with Crippen LogP contribution in [-0.4, -0.2) is 16.0 Å².